The summed E-state index contributed by atoms with van der Waals surface area (Å²) in [6.07, 6.45) is -2.72. The molecule has 0 atom stereocenters. The van der Waals surface area contributed by atoms with Crippen molar-refractivity contribution < 1.29 is 104 Å². The van der Waals surface area contributed by atoms with Crippen LogP contribution in [0.5, 0.6) is 0 Å². The quantitative estimate of drug-likeness (QED) is 0.475. The largest absolute Gasteiger partial charge is 3.00 e. The number of hydrogen-bond donors (Lipinski definition) is 1. The zero-order valence-corrected chi connectivity index (χ0v) is 11.9. The fourth-order valence-corrected chi connectivity index (χ4v) is 0.684. The Kier molecular flexibility index (Phi) is 12.3. The Labute approximate surface area is 139 Å². The van der Waals surface area contributed by atoms with Crippen LogP contribution in [0.1, 0.15) is 12.8 Å². The fourth-order valence-electron chi connectivity index (χ4n) is 0.684. The summed E-state index contributed by atoms with van der Waals surface area (Å²) >= 11 is 0. The van der Waals surface area contributed by atoms with E-state index in [1.54, 1.807) is 0 Å². The third kappa shape index (κ3) is 8.50. The van der Waals surface area contributed by atoms with E-state index in [9.17, 15) is 29.7 Å². The van der Waals surface area contributed by atoms with Gasteiger partial charge >= 0.3 is 69.5 Å². The third-order valence-electron chi connectivity index (χ3n) is 1.25. The average Bonchev–Trinajstić information content (AvgIpc) is 1.82. The van der Waals surface area contributed by atoms with Crippen LogP contribution in [0.25, 0.3) is 0 Å². The van der Waals surface area contributed by atoms with Gasteiger partial charge in [-0.2, -0.15) is 0 Å². The van der Waals surface area contributed by atoms with Crippen LogP contribution in [-0.4, -0.2) is 28.6 Å². The predicted octanol–water partition coefficient (Wildman–Crippen LogP) is -8.25. The molecule has 1 radical (unpaired) electrons. The number of rotatable bonds is 5. The predicted molar refractivity (Wildman–Crippen MR) is 29.2 cm³/mol. The normalized spacial score (nSPS) is 9.40. The Balaban J connectivity index is -0.000000720. The van der Waals surface area contributed by atoms with E-state index in [0.717, 1.165) is 0 Å². The van der Waals surface area contributed by atoms with Gasteiger partial charge in [0, 0.05) is 24.8 Å². The summed E-state index contributed by atoms with van der Waals surface area (Å²) in [5.74, 6) is -5.98. The summed E-state index contributed by atoms with van der Waals surface area (Å²) in [5, 5.41) is 38.9. The smallest absolute Gasteiger partial charge is 0.550 e. The van der Waals surface area contributed by atoms with Crippen molar-refractivity contribution in [3.05, 3.63) is 0 Å². The Morgan fingerprint density at radius 2 is 1.27 bits per heavy atom. The zero-order valence-electron chi connectivity index (χ0n) is 7.66. The first-order chi connectivity index (χ1) is 5.78. The van der Waals surface area contributed by atoms with Gasteiger partial charge in [0.05, 0.1) is 5.97 Å². The van der Waals surface area contributed by atoms with Crippen LogP contribution in [-0.2, 0) is 14.4 Å². The average molecular weight is 369 g/mol. The second-order valence-electron chi connectivity index (χ2n) is 2.42. The van der Waals surface area contributed by atoms with Gasteiger partial charge in [-0.3, -0.25) is 0 Å². The van der Waals surface area contributed by atoms with Crippen molar-refractivity contribution in [3.63, 3.8) is 0 Å². The van der Waals surface area contributed by atoms with Crippen molar-refractivity contribution in [3.8, 4) is 0 Å². The Hall–Kier alpha value is 0.695. The summed E-state index contributed by atoms with van der Waals surface area (Å²) in [6, 6.07) is 0. The molecule has 0 aromatic rings. The molecule has 0 heterocycles. The van der Waals surface area contributed by atoms with Crippen LogP contribution in [0.3, 0.4) is 0 Å². The van der Waals surface area contributed by atoms with Gasteiger partial charge in [-0.1, -0.05) is 0 Å². The van der Waals surface area contributed by atoms with E-state index >= 15 is 0 Å². The van der Waals surface area contributed by atoms with E-state index in [4.69, 9.17) is 5.11 Å². The molecule has 0 fully saturated rings. The molecule has 0 saturated heterocycles. The van der Waals surface area contributed by atoms with Crippen molar-refractivity contribution in [1.82, 2.24) is 0 Å². The first-order valence-corrected chi connectivity index (χ1v) is 3.11. The van der Waals surface area contributed by atoms with Crippen molar-refractivity contribution in [1.29, 1.82) is 0 Å². The van der Waals surface area contributed by atoms with Crippen LogP contribution >= 0.6 is 0 Å². The minimum Gasteiger partial charge on any atom is -0.550 e. The molecule has 79 valence electrons. The molecule has 0 aromatic carbocycles. The number of carbonyl (C=O) groups excluding carboxylic acids is 3. The van der Waals surface area contributed by atoms with Gasteiger partial charge in [-0.05, 0) is 0 Å². The van der Waals surface area contributed by atoms with Gasteiger partial charge in [0.1, 0.15) is 5.60 Å². The van der Waals surface area contributed by atoms with Crippen molar-refractivity contribution >= 4 is 17.9 Å². The molecule has 0 saturated carbocycles. The molecule has 0 aromatic heterocycles. The number of carbonyl (C=O) groups is 3. The second-order valence-corrected chi connectivity index (χ2v) is 2.42. The van der Waals surface area contributed by atoms with Gasteiger partial charge in [0.15, 0.2) is 0 Å². The van der Waals surface area contributed by atoms with Crippen LogP contribution in [0.2, 0.25) is 0 Å². The van der Waals surface area contributed by atoms with Crippen LogP contribution in [0, 0.1) is 39.9 Å². The first kappa shape index (κ1) is 21.0. The molecule has 7 nitrogen and oxygen atoms in total. The second kappa shape index (κ2) is 8.80. The van der Waals surface area contributed by atoms with E-state index in [-0.39, 0.29) is 69.5 Å². The van der Waals surface area contributed by atoms with E-state index in [2.05, 4.69) is 0 Å². The molecule has 1 N–H and O–H groups in total. The molecule has 0 amide bonds. The molecule has 0 aliphatic carbocycles. The van der Waals surface area contributed by atoms with E-state index < -0.39 is 36.4 Å². The van der Waals surface area contributed by atoms with Gasteiger partial charge in [0.25, 0.3) is 0 Å². The number of carboxylic acid groups (broad SMARTS) is 3. The molecule has 0 spiro atoms. The van der Waals surface area contributed by atoms with Crippen molar-refractivity contribution in [2.24, 2.45) is 0 Å². The van der Waals surface area contributed by atoms with Crippen molar-refractivity contribution in [2.45, 2.75) is 18.4 Å². The molecule has 0 rings (SSSR count). The number of hydrogen-bond acceptors (Lipinski definition) is 7. The molecule has 0 unspecified atom stereocenters. The Morgan fingerprint density at radius 1 is 1.00 bits per heavy atom. The zero-order chi connectivity index (χ0) is 10.6. The fraction of sp³-hybridized carbons (Fsp3) is 0.500. The molecular weight excluding hydrogens is 364 g/mol. The SMILES string of the molecule is O=C([O-])CC(O)(CC(=O)[O-])C(=O)[O-].[Gd+3].[Na+]. The molecule has 0 bridgehead atoms. The molecule has 0 aliphatic rings. The van der Waals surface area contributed by atoms with Gasteiger partial charge in [0.2, 0.25) is 0 Å². The van der Waals surface area contributed by atoms with Gasteiger partial charge in [-0.25, -0.2) is 0 Å². The minimum atomic E-state index is -2.97. The molecule has 15 heavy (non-hydrogen) atoms. The Bertz CT molecular complexity index is 238. The summed E-state index contributed by atoms with van der Waals surface area (Å²) in [5.41, 5.74) is -2.97. The van der Waals surface area contributed by atoms with Crippen molar-refractivity contribution in [2.75, 3.05) is 0 Å². The standard InChI is InChI=1S/C6H8O7.Gd.Na/c7-3(8)1-6(13,5(11)12)2-4(9)10;;/h13H,1-2H2,(H,7,8)(H,9,10)(H,11,12);;/q;+3;+1/p-3. The van der Waals surface area contributed by atoms with Gasteiger partial charge in [-0.15, -0.1) is 0 Å². The van der Waals surface area contributed by atoms with Crippen LogP contribution < -0.4 is 44.9 Å². The summed E-state index contributed by atoms with van der Waals surface area (Å²) < 4.78 is 0. The molecule has 9 heteroatoms. The summed E-state index contributed by atoms with van der Waals surface area (Å²) in [6.45, 7) is 0. The van der Waals surface area contributed by atoms with E-state index in [1.165, 1.54) is 0 Å². The Morgan fingerprint density at radius 3 is 1.40 bits per heavy atom. The molecule has 0 aliphatic heterocycles. The topological polar surface area (TPSA) is 141 Å². The monoisotopic (exact) mass is 370 g/mol. The minimum absolute atomic E-state index is 0. The summed E-state index contributed by atoms with van der Waals surface area (Å²) in [4.78, 5) is 30.0. The first-order valence-electron chi connectivity index (χ1n) is 3.11. The van der Waals surface area contributed by atoms with Gasteiger partial charge < -0.3 is 34.8 Å². The van der Waals surface area contributed by atoms with Crippen LogP contribution in [0.15, 0.2) is 0 Å². The number of carboxylic acids is 3. The maximum absolute atomic E-state index is 10.1. The maximum Gasteiger partial charge on any atom is 3.00 e. The number of aliphatic carboxylic acids is 3. The molecular formula is C6H5GdNaO7+. The number of aliphatic hydroxyl groups is 1. The maximum atomic E-state index is 10.1. The summed E-state index contributed by atoms with van der Waals surface area (Å²) in [7, 11) is 0. The van der Waals surface area contributed by atoms with E-state index in [0.29, 0.717) is 0 Å². The third-order valence-corrected chi connectivity index (χ3v) is 1.25. The van der Waals surface area contributed by atoms with Crippen LogP contribution in [0.4, 0.5) is 0 Å². The van der Waals surface area contributed by atoms with E-state index in [1.807, 2.05) is 0 Å².